The summed E-state index contributed by atoms with van der Waals surface area (Å²) in [6.45, 7) is 1.98. The molecule has 0 aliphatic carbocycles. The molecule has 1 radical (unpaired) electrons. The summed E-state index contributed by atoms with van der Waals surface area (Å²) >= 11 is 17.5. The molecule has 1 aromatic carbocycles. The summed E-state index contributed by atoms with van der Waals surface area (Å²) in [6, 6.07) is 5.30. The van der Waals surface area contributed by atoms with Gasteiger partial charge in [-0.1, -0.05) is 41.9 Å². The van der Waals surface area contributed by atoms with Gasteiger partial charge in [0.15, 0.2) is 0 Å². The van der Waals surface area contributed by atoms with E-state index in [2.05, 4.69) is 0 Å². The maximum Gasteiger partial charge on any atom is 0 e. The van der Waals surface area contributed by atoms with Gasteiger partial charge in [0.1, 0.15) is 0 Å². The fraction of sp³-hybridized carbons (Fsp3) is 0.222. The topological polar surface area (TPSA) is 0 Å². The second kappa shape index (κ2) is 6.53. The molecule has 0 aliphatic heterocycles. The van der Waals surface area contributed by atoms with Gasteiger partial charge in [0.05, 0.1) is 0 Å². The average molecular weight is 311 g/mol. The Kier molecular flexibility index (Phi) is 7.06. The van der Waals surface area contributed by atoms with E-state index < -0.39 is 0 Å². The molecule has 0 amide bonds. The van der Waals surface area contributed by atoms with Gasteiger partial charge in [0.25, 0.3) is 0 Å². The maximum absolute atomic E-state index is 5.93. The van der Waals surface area contributed by atoms with Crippen molar-refractivity contribution in [1.29, 1.82) is 0 Å². The SMILES string of the molecule is CC[C-](Cl)c1cc(Cl)cc(Cl)c1.[Y]. The monoisotopic (exact) mass is 310 g/mol. The Bertz CT molecular complexity index is 255. The minimum atomic E-state index is 0. The minimum absolute atomic E-state index is 0. The van der Waals surface area contributed by atoms with Gasteiger partial charge in [-0.25, -0.2) is 0 Å². The van der Waals surface area contributed by atoms with E-state index in [4.69, 9.17) is 34.8 Å². The molecule has 0 nitrogen and oxygen atoms in total. The fourth-order valence-corrected chi connectivity index (χ4v) is 1.55. The Morgan fingerprint density at radius 2 is 1.62 bits per heavy atom. The van der Waals surface area contributed by atoms with Crippen LogP contribution in [0.3, 0.4) is 0 Å². The summed E-state index contributed by atoms with van der Waals surface area (Å²) in [5.74, 6) is 0. The molecular formula is C9H8Cl3Y-. The first-order valence-corrected chi connectivity index (χ1v) is 4.74. The Labute approximate surface area is 119 Å². The zero-order valence-corrected chi connectivity index (χ0v) is 12.3. The minimum Gasteiger partial charge on any atom is -0.171 e. The first-order chi connectivity index (χ1) is 5.63. The van der Waals surface area contributed by atoms with Crippen LogP contribution in [0, 0.1) is 5.38 Å². The first-order valence-electron chi connectivity index (χ1n) is 3.61. The molecule has 0 fully saturated rings. The van der Waals surface area contributed by atoms with Crippen molar-refractivity contribution < 1.29 is 32.7 Å². The number of hydrogen-bond donors (Lipinski definition) is 0. The van der Waals surface area contributed by atoms with Crippen molar-refractivity contribution in [2.45, 2.75) is 13.3 Å². The van der Waals surface area contributed by atoms with Crippen LogP contribution in [0.2, 0.25) is 10.0 Å². The smallest absolute Gasteiger partial charge is 0 e. The van der Waals surface area contributed by atoms with Gasteiger partial charge in [-0.3, -0.25) is 0 Å². The van der Waals surface area contributed by atoms with Gasteiger partial charge in [-0.2, -0.15) is 17.2 Å². The molecule has 0 unspecified atom stereocenters. The average Bonchev–Trinajstić information content (AvgIpc) is 2.01. The molecule has 4 heteroatoms. The predicted octanol–water partition coefficient (Wildman–Crippen LogP) is 4.52. The standard InChI is InChI=1S/C9H8Cl3.Y/c1-2-9(12)6-3-7(10)5-8(11)4-6;/h3-5H,2H2,1H3;/q-1;. The molecule has 0 bridgehead atoms. The third kappa shape index (κ3) is 4.40. The van der Waals surface area contributed by atoms with Crippen molar-refractivity contribution in [1.82, 2.24) is 0 Å². The normalized spacial score (nSPS) is 9.23. The van der Waals surface area contributed by atoms with E-state index in [1.165, 1.54) is 0 Å². The molecule has 0 aliphatic rings. The van der Waals surface area contributed by atoms with Gasteiger partial charge in [-0.15, -0.1) is 12.1 Å². The summed E-state index contributed by atoms with van der Waals surface area (Å²) in [5.41, 5.74) is 0.900. The van der Waals surface area contributed by atoms with Crippen LogP contribution in [-0.2, 0) is 32.7 Å². The van der Waals surface area contributed by atoms with E-state index in [9.17, 15) is 0 Å². The van der Waals surface area contributed by atoms with E-state index in [-0.39, 0.29) is 32.7 Å². The van der Waals surface area contributed by atoms with Gasteiger partial charge in [-0.05, 0) is 16.1 Å². The largest absolute Gasteiger partial charge is 0.171 e. The quantitative estimate of drug-likeness (QED) is 0.705. The van der Waals surface area contributed by atoms with Crippen molar-refractivity contribution in [2.24, 2.45) is 0 Å². The molecular weight excluding hydrogens is 303 g/mol. The first kappa shape index (κ1) is 14.1. The molecule has 1 rings (SSSR count). The fourth-order valence-electron chi connectivity index (χ4n) is 0.915. The summed E-state index contributed by atoms with van der Waals surface area (Å²) in [4.78, 5) is 0. The molecule has 0 N–H and O–H groups in total. The number of benzene rings is 1. The van der Waals surface area contributed by atoms with Gasteiger partial charge in [0, 0.05) is 32.7 Å². The molecule has 0 saturated heterocycles. The second-order valence-electron chi connectivity index (χ2n) is 2.42. The summed E-state index contributed by atoms with van der Waals surface area (Å²) < 4.78 is 0. The van der Waals surface area contributed by atoms with Gasteiger partial charge in [0.2, 0.25) is 0 Å². The maximum atomic E-state index is 5.93. The van der Waals surface area contributed by atoms with Crippen LogP contribution in [0.15, 0.2) is 18.2 Å². The van der Waals surface area contributed by atoms with Crippen molar-refractivity contribution in [3.05, 3.63) is 39.2 Å². The Morgan fingerprint density at radius 1 is 1.15 bits per heavy atom. The van der Waals surface area contributed by atoms with Crippen LogP contribution in [0.1, 0.15) is 18.9 Å². The third-order valence-electron chi connectivity index (χ3n) is 1.49. The molecule has 0 atom stereocenters. The summed E-state index contributed by atoms with van der Waals surface area (Å²) in [6.07, 6.45) is 0.790. The molecule has 13 heavy (non-hydrogen) atoms. The van der Waals surface area contributed by atoms with Crippen LogP contribution in [-0.4, -0.2) is 0 Å². The van der Waals surface area contributed by atoms with Crippen molar-refractivity contribution in [3.63, 3.8) is 0 Å². The predicted molar refractivity (Wildman–Crippen MR) is 55.0 cm³/mol. The summed E-state index contributed by atoms with van der Waals surface area (Å²) in [7, 11) is 0. The molecule has 0 saturated carbocycles. The van der Waals surface area contributed by atoms with Crippen molar-refractivity contribution in [3.8, 4) is 0 Å². The third-order valence-corrected chi connectivity index (χ3v) is 2.41. The van der Waals surface area contributed by atoms with Gasteiger partial charge >= 0.3 is 0 Å². The Balaban J connectivity index is 0.00000144. The van der Waals surface area contributed by atoms with Crippen LogP contribution in [0.25, 0.3) is 0 Å². The molecule has 69 valence electrons. The van der Waals surface area contributed by atoms with Crippen molar-refractivity contribution in [2.75, 3.05) is 0 Å². The van der Waals surface area contributed by atoms with Crippen molar-refractivity contribution >= 4 is 34.8 Å². The zero-order valence-electron chi connectivity index (χ0n) is 7.15. The van der Waals surface area contributed by atoms with E-state index in [1.807, 2.05) is 6.92 Å². The van der Waals surface area contributed by atoms with E-state index in [1.54, 1.807) is 18.2 Å². The van der Waals surface area contributed by atoms with Gasteiger partial charge < -0.3 is 0 Å². The Hall–Kier alpha value is 1.06. The van der Waals surface area contributed by atoms with Crippen LogP contribution < -0.4 is 0 Å². The zero-order chi connectivity index (χ0) is 9.14. The molecule has 0 spiro atoms. The van der Waals surface area contributed by atoms with E-state index in [0.717, 1.165) is 17.4 Å². The Morgan fingerprint density at radius 3 is 2.00 bits per heavy atom. The number of rotatable bonds is 2. The van der Waals surface area contributed by atoms with Crippen LogP contribution in [0.5, 0.6) is 0 Å². The molecule has 1 aromatic rings. The molecule has 0 aromatic heterocycles. The second-order valence-corrected chi connectivity index (χ2v) is 3.75. The molecule has 0 heterocycles. The number of halogens is 3. The number of hydrogen-bond acceptors (Lipinski definition) is 0. The summed E-state index contributed by atoms with van der Waals surface area (Å²) in [5, 5.41) is 2.01. The van der Waals surface area contributed by atoms with E-state index in [0.29, 0.717) is 10.0 Å². The van der Waals surface area contributed by atoms with Crippen LogP contribution >= 0.6 is 34.8 Å². The van der Waals surface area contributed by atoms with E-state index >= 15 is 0 Å². The van der Waals surface area contributed by atoms with Crippen LogP contribution in [0.4, 0.5) is 0 Å².